The van der Waals surface area contributed by atoms with Crippen LogP contribution in [0.5, 0.6) is 0 Å². The van der Waals surface area contributed by atoms with E-state index < -0.39 is 43.0 Å². The normalized spacial score (nSPS) is 56.1. The molecule has 0 aromatic rings. The fourth-order valence-corrected chi connectivity index (χ4v) is 12.3. The van der Waals surface area contributed by atoms with Crippen LogP contribution in [0.15, 0.2) is 0 Å². The summed E-state index contributed by atoms with van der Waals surface area (Å²) in [6.45, 7) is 15.1. The van der Waals surface area contributed by atoms with Gasteiger partial charge in [-0.25, -0.2) is 19.6 Å². The fraction of sp³-hybridized carbons (Fsp3) is 1.00. The summed E-state index contributed by atoms with van der Waals surface area (Å²) in [5.41, 5.74) is -1.17. The summed E-state index contributed by atoms with van der Waals surface area (Å²) in [5, 5.41) is 0. The average Bonchev–Trinajstić information content (AvgIpc) is 3.39. The van der Waals surface area contributed by atoms with Gasteiger partial charge in [0.25, 0.3) is 0 Å². The van der Waals surface area contributed by atoms with Crippen LogP contribution in [0, 0.1) is 47.3 Å². The SMILES string of the molecule is C[C@H]1[C@@H](CCOP(C)(=O)OCC[C@H]2O[C@@H]3O[C@]4(C)CC[C@H]5[C@H](C)CC[C@@H]([C@H]2C)[C@@]35OO4)O[C@@H]2O[C@]3(C)CC[C@H]4[C@H](C)CC[C@@H]1[C@@]24OO3. The van der Waals surface area contributed by atoms with E-state index in [-0.39, 0.29) is 49.1 Å². The molecule has 47 heavy (non-hydrogen) atoms. The van der Waals surface area contributed by atoms with E-state index in [1.54, 1.807) is 6.66 Å². The molecule has 8 aliphatic heterocycles. The second kappa shape index (κ2) is 11.9. The van der Waals surface area contributed by atoms with Crippen LogP contribution in [0.2, 0.25) is 0 Å². The predicted octanol–water partition coefficient (Wildman–Crippen LogP) is 7.12. The lowest BCUT2D eigenvalue weighted by Crippen LogP contribution is -2.70. The van der Waals surface area contributed by atoms with Crippen LogP contribution in [-0.2, 0) is 52.1 Å². The van der Waals surface area contributed by atoms with Crippen LogP contribution in [0.4, 0.5) is 0 Å². The van der Waals surface area contributed by atoms with Gasteiger partial charge in [0.05, 0.1) is 25.4 Å². The second-order valence-corrected chi connectivity index (χ2v) is 19.0. The summed E-state index contributed by atoms with van der Waals surface area (Å²) in [6, 6.07) is 0. The minimum absolute atomic E-state index is 0.106. The quantitative estimate of drug-likeness (QED) is 0.193. The summed E-state index contributed by atoms with van der Waals surface area (Å²) in [7, 11) is -3.31. The summed E-state index contributed by atoms with van der Waals surface area (Å²) < 4.78 is 51.7. The van der Waals surface area contributed by atoms with E-state index >= 15 is 0 Å². The fourth-order valence-electron chi connectivity index (χ4n) is 11.3. The van der Waals surface area contributed by atoms with Crippen LogP contribution >= 0.6 is 7.60 Å². The van der Waals surface area contributed by atoms with Gasteiger partial charge in [0.15, 0.2) is 23.8 Å². The highest BCUT2D eigenvalue weighted by Crippen LogP contribution is 2.62. The number of ether oxygens (including phenoxy) is 4. The molecule has 16 atom stereocenters. The van der Waals surface area contributed by atoms with Crippen molar-refractivity contribution in [2.75, 3.05) is 19.9 Å². The van der Waals surface area contributed by atoms with Crippen LogP contribution in [0.1, 0.15) is 106 Å². The van der Waals surface area contributed by atoms with Gasteiger partial charge < -0.3 is 28.0 Å². The predicted molar refractivity (Wildman–Crippen MR) is 168 cm³/mol. The molecule has 4 bridgehead atoms. The van der Waals surface area contributed by atoms with E-state index in [4.69, 9.17) is 47.5 Å². The summed E-state index contributed by atoms with van der Waals surface area (Å²) >= 11 is 0. The zero-order chi connectivity index (χ0) is 33.0. The first-order valence-electron chi connectivity index (χ1n) is 18.6. The van der Waals surface area contributed by atoms with Crippen molar-refractivity contribution in [3.05, 3.63) is 0 Å². The van der Waals surface area contributed by atoms with Crippen LogP contribution in [-0.4, -0.2) is 67.4 Å². The smallest absolute Gasteiger partial charge is 0.327 e. The van der Waals surface area contributed by atoms with Crippen molar-refractivity contribution in [1.29, 1.82) is 0 Å². The van der Waals surface area contributed by atoms with Crippen LogP contribution < -0.4 is 0 Å². The Morgan fingerprint density at radius 3 is 1.47 bits per heavy atom. The zero-order valence-electron chi connectivity index (χ0n) is 29.4. The number of rotatable bonds is 8. The van der Waals surface area contributed by atoms with E-state index in [1.165, 1.54) is 0 Å². The van der Waals surface area contributed by atoms with Crippen molar-refractivity contribution < 1.29 is 52.1 Å². The van der Waals surface area contributed by atoms with Crippen molar-refractivity contribution >= 4 is 7.60 Å². The highest BCUT2D eigenvalue weighted by Gasteiger charge is 2.70. The topological polar surface area (TPSA) is 109 Å². The Hall–Kier alpha value is -0.170. The molecule has 0 aromatic carbocycles. The first kappa shape index (κ1) is 33.9. The Labute approximate surface area is 280 Å². The van der Waals surface area contributed by atoms with Gasteiger partial charge in [-0.2, -0.15) is 0 Å². The molecule has 10 rings (SSSR count). The maximum absolute atomic E-state index is 13.5. The van der Waals surface area contributed by atoms with Gasteiger partial charge in [0, 0.05) is 31.3 Å². The van der Waals surface area contributed by atoms with Gasteiger partial charge in [-0.15, -0.1) is 0 Å². The van der Waals surface area contributed by atoms with Crippen molar-refractivity contribution in [2.45, 2.75) is 153 Å². The second-order valence-electron chi connectivity index (χ2n) is 16.9. The molecule has 12 heteroatoms. The molecule has 8 saturated heterocycles. The molecular formula is C35H57O11P. The first-order valence-corrected chi connectivity index (χ1v) is 20.5. The van der Waals surface area contributed by atoms with Gasteiger partial charge in [-0.1, -0.05) is 27.7 Å². The highest BCUT2D eigenvalue weighted by molar-refractivity contribution is 7.52. The third kappa shape index (κ3) is 5.39. The summed E-state index contributed by atoms with van der Waals surface area (Å²) in [6.07, 6.45) is 8.00. The molecule has 11 nitrogen and oxygen atoms in total. The van der Waals surface area contributed by atoms with Crippen molar-refractivity contribution in [2.24, 2.45) is 47.3 Å². The zero-order valence-corrected chi connectivity index (χ0v) is 30.2. The van der Waals surface area contributed by atoms with E-state index in [0.717, 1.165) is 51.4 Å². The van der Waals surface area contributed by atoms with E-state index in [9.17, 15) is 4.57 Å². The van der Waals surface area contributed by atoms with Crippen LogP contribution in [0.25, 0.3) is 0 Å². The Morgan fingerprint density at radius 1 is 0.617 bits per heavy atom. The lowest BCUT2D eigenvalue weighted by Gasteiger charge is -2.60. The summed E-state index contributed by atoms with van der Waals surface area (Å²) in [5.74, 6) is 1.04. The monoisotopic (exact) mass is 684 g/mol. The maximum Gasteiger partial charge on any atom is 0.327 e. The lowest BCUT2D eigenvalue weighted by atomic mass is 9.57. The molecule has 0 radical (unpaired) electrons. The molecule has 10 aliphatic rings. The van der Waals surface area contributed by atoms with Gasteiger partial charge >= 0.3 is 7.60 Å². The minimum Gasteiger partial charge on any atom is -0.346 e. The standard InChI is InChI=1S/C35H57O11P/c1-20-8-10-26-22(3)28(39-30-34(26)24(20)12-16-32(5,41-30)43-45-34)14-18-37-47(7,36)38-19-15-29-23(4)27-11-9-21(2)25-13-17-33(6)42-31(40-29)35(25,27)46-44-33/h20-31H,8-19H2,1-7H3/t20-,21-,22-,23-,24+,25+,26+,27+,28-,29-,30-,31-,32+,33+,34-,35-/m1/s1. The van der Waals surface area contributed by atoms with E-state index in [0.29, 0.717) is 36.5 Å². The highest BCUT2D eigenvalue weighted by atomic mass is 31.2. The molecule has 0 amide bonds. The Bertz CT molecular complexity index is 1150. The molecule has 0 N–H and O–H groups in total. The van der Waals surface area contributed by atoms with Gasteiger partial charge in [0.1, 0.15) is 0 Å². The third-order valence-electron chi connectivity index (χ3n) is 14.0. The molecule has 10 fully saturated rings. The van der Waals surface area contributed by atoms with Gasteiger partial charge in [0.2, 0.25) is 11.6 Å². The average molecular weight is 685 g/mol. The van der Waals surface area contributed by atoms with Gasteiger partial charge in [-0.05, 0) is 101 Å². The van der Waals surface area contributed by atoms with Crippen molar-refractivity contribution in [1.82, 2.24) is 0 Å². The maximum atomic E-state index is 13.5. The molecule has 8 heterocycles. The van der Waals surface area contributed by atoms with E-state index in [1.807, 2.05) is 13.8 Å². The number of hydrogen-bond donors (Lipinski definition) is 0. The van der Waals surface area contributed by atoms with Crippen LogP contribution in [0.3, 0.4) is 0 Å². The minimum atomic E-state index is -3.31. The lowest BCUT2D eigenvalue weighted by molar-refractivity contribution is -0.571. The molecule has 268 valence electrons. The molecule has 0 aromatic heterocycles. The largest absolute Gasteiger partial charge is 0.346 e. The van der Waals surface area contributed by atoms with Gasteiger partial charge in [-0.3, -0.25) is 4.57 Å². The third-order valence-corrected chi connectivity index (χ3v) is 15.3. The Kier molecular flexibility index (Phi) is 8.62. The molecule has 2 spiro atoms. The van der Waals surface area contributed by atoms with Crippen molar-refractivity contribution in [3.63, 3.8) is 0 Å². The molecular weight excluding hydrogens is 627 g/mol. The molecule has 2 aliphatic carbocycles. The molecule has 2 saturated carbocycles. The summed E-state index contributed by atoms with van der Waals surface area (Å²) in [4.78, 5) is 24.4. The Balaban J connectivity index is 0.867. The van der Waals surface area contributed by atoms with E-state index in [2.05, 4.69) is 27.7 Å². The van der Waals surface area contributed by atoms with Crippen molar-refractivity contribution in [3.8, 4) is 0 Å². The first-order chi connectivity index (χ1) is 22.3. The number of fused-ring (bicyclic) bond motifs is 4. The molecule has 0 unspecified atom stereocenters. The Morgan fingerprint density at radius 2 is 1.04 bits per heavy atom. The number of hydrogen-bond acceptors (Lipinski definition) is 11.